The molecule has 4 nitrogen and oxygen atoms in total. The van der Waals surface area contributed by atoms with Crippen LogP contribution in [-0.4, -0.2) is 24.7 Å². The first-order chi connectivity index (χ1) is 10.2. The summed E-state index contributed by atoms with van der Waals surface area (Å²) in [5, 5.41) is 1.08. The number of nitrogens with one attached hydrogen (secondary N) is 1. The SMILES string of the molecule is CCCCCc1c(C(=O)OCC)[nH]c2cc(OC)ccc12. The highest BCUT2D eigenvalue weighted by Gasteiger charge is 2.18. The lowest BCUT2D eigenvalue weighted by Gasteiger charge is -2.04. The third-order valence-electron chi connectivity index (χ3n) is 3.62. The van der Waals surface area contributed by atoms with Gasteiger partial charge in [0.15, 0.2) is 0 Å². The van der Waals surface area contributed by atoms with Crippen LogP contribution in [0.5, 0.6) is 5.75 Å². The molecule has 21 heavy (non-hydrogen) atoms. The van der Waals surface area contributed by atoms with Crippen molar-refractivity contribution in [3.63, 3.8) is 0 Å². The van der Waals surface area contributed by atoms with Crippen molar-refractivity contribution in [1.29, 1.82) is 0 Å². The highest BCUT2D eigenvalue weighted by atomic mass is 16.5. The molecule has 0 unspecified atom stereocenters. The summed E-state index contributed by atoms with van der Waals surface area (Å²) in [6.45, 7) is 4.37. The van der Waals surface area contributed by atoms with Gasteiger partial charge in [-0.15, -0.1) is 0 Å². The Morgan fingerprint density at radius 1 is 1.24 bits per heavy atom. The molecule has 0 atom stereocenters. The molecule has 0 aliphatic rings. The van der Waals surface area contributed by atoms with Crippen molar-refractivity contribution >= 4 is 16.9 Å². The molecular weight excluding hydrogens is 266 g/mol. The maximum Gasteiger partial charge on any atom is 0.355 e. The fourth-order valence-corrected chi connectivity index (χ4v) is 2.55. The highest BCUT2D eigenvalue weighted by Crippen LogP contribution is 2.28. The van der Waals surface area contributed by atoms with E-state index in [1.807, 2.05) is 25.1 Å². The summed E-state index contributed by atoms with van der Waals surface area (Å²) in [6.07, 6.45) is 4.27. The Morgan fingerprint density at radius 2 is 2.05 bits per heavy atom. The van der Waals surface area contributed by atoms with Crippen LogP contribution in [0.25, 0.3) is 10.9 Å². The first kappa shape index (κ1) is 15.4. The number of fused-ring (bicyclic) bond motifs is 1. The number of esters is 1. The number of hydrogen-bond donors (Lipinski definition) is 1. The van der Waals surface area contributed by atoms with E-state index in [-0.39, 0.29) is 5.97 Å². The zero-order chi connectivity index (χ0) is 15.2. The van der Waals surface area contributed by atoms with Gasteiger partial charge in [-0.2, -0.15) is 0 Å². The second-order valence-electron chi connectivity index (χ2n) is 5.07. The van der Waals surface area contributed by atoms with Crippen LogP contribution >= 0.6 is 0 Å². The Labute approximate surface area is 125 Å². The van der Waals surface area contributed by atoms with Crippen LogP contribution in [0.2, 0.25) is 0 Å². The lowest BCUT2D eigenvalue weighted by molar-refractivity contribution is 0.0519. The van der Waals surface area contributed by atoms with Crippen LogP contribution in [0, 0.1) is 0 Å². The molecule has 1 heterocycles. The number of unbranched alkanes of at least 4 members (excludes halogenated alkanes) is 2. The van der Waals surface area contributed by atoms with Crippen LogP contribution in [0.3, 0.4) is 0 Å². The monoisotopic (exact) mass is 289 g/mol. The topological polar surface area (TPSA) is 51.3 Å². The molecule has 0 aliphatic carbocycles. The zero-order valence-corrected chi connectivity index (χ0v) is 13.0. The van der Waals surface area contributed by atoms with Gasteiger partial charge in [-0.05, 0) is 37.5 Å². The molecule has 1 aromatic carbocycles. The number of ether oxygens (including phenoxy) is 2. The summed E-state index contributed by atoms with van der Waals surface area (Å²) in [5.74, 6) is 0.499. The van der Waals surface area contributed by atoms with Crippen molar-refractivity contribution in [2.75, 3.05) is 13.7 Å². The van der Waals surface area contributed by atoms with E-state index in [2.05, 4.69) is 11.9 Å². The van der Waals surface area contributed by atoms with Crippen molar-refractivity contribution in [2.45, 2.75) is 39.5 Å². The number of methoxy groups -OCH3 is 1. The molecule has 2 rings (SSSR count). The Morgan fingerprint density at radius 3 is 2.71 bits per heavy atom. The van der Waals surface area contributed by atoms with Crippen LogP contribution < -0.4 is 4.74 Å². The average molecular weight is 289 g/mol. The predicted molar refractivity (Wildman–Crippen MR) is 84.0 cm³/mol. The molecule has 0 saturated carbocycles. The largest absolute Gasteiger partial charge is 0.497 e. The Kier molecular flexibility index (Phi) is 5.26. The van der Waals surface area contributed by atoms with E-state index < -0.39 is 0 Å². The van der Waals surface area contributed by atoms with Gasteiger partial charge in [0.1, 0.15) is 11.4 Å². The number of rotatable bonds is 7. The normalized spacial score (nSPS) is 10.8. The standard InChI is InChI=1S/C17H23NO3/c1-4-6-7-8-14-13-10-9-12(20-3)11-15(13)18-16(14)17(19)21-5-2/h9-11,18H,4-8H2,1-3H3. The fraction of sp³-hybridized carbons (Fsp3) is 0.471. The first-order valence-corrected chi connectivity index (χ1v) is 7.57. The maximum absolute atomic E-state index is 12.1. The van der Waals surface area contributed by atoms with E-state index in [0.717, 1.165) is 47.9 Å². The minimum absolute atomic E-state index is 0.279. The molecule has 0 radical (unpaired) electrons. The number of carbonyl (C=O) groups is 1. The third-order valence-corrected chi connectivity index (χ3v) is 3.62. The quantitative estimate of drug-likeness (QED) is 0.617. The number of aromatic amines is 1. The van der Waals surface area contributed by atoms with Gasteiger partial charge >= 0.3 is 5.97 Å². The van der Waals surface area contributed by atoms with Gasteiger partial charge in [-0.1, -0.05) is 19.8 Å². The summed E-state index contributed by atoms with van der Waals surface area (Å²) in [4.78, 5) is 15.3. The molecule has 4 heteroatoms. The number of hydrogen-bond acceptors (Lipinski definition) is 3. The van der Waals surface area contributed by atoms with E-state index in [1.54, 1.807) is 7.11 Å². The minimum atomic E-state index is -0.279. The molecule has 1 aromatic heterocycles. The lowest BCUT2D eigenvalue weighted by Crippen LogP contribution is -2.08. The third kappa shape index (κ3) is 3.38. The number of carbonyl (C=O) groups excluding carboxylic acids is 1. The second-order valence-corrected chi connectivity index (χ2v) is 5.07. The van der Waals surface area contributed by atoms with Gasteiger partial charge in [-0.3, -0.25) is 0 Å². The van der Waals surface area contributed by atoms with Gasteiger partial charge in [-0.25, -0.2) is 4.79 Å². The van der Waals surface area contributed by atoms with Gasteiger partial charge in [0, 0.05) is 11.5 Å². The summed E-state index contributed by atoms with van der Waals surface area (Å²) < 4.78 is 10.4. The summed E-state index contributed by atoms with van der Waals surface area (Å²) in [6, 6.07) is 5.85. The molecular formula is C17H23NO3. The molecule has 0 aliphatic heterocycles. The van der Waals surface area contributed by atoms with Gasteiger partial charge in [0.2, 0.25) is 0 Å². The summed E-state index contributed by atoms with van der Waals surface area (Å²) >= 11 is 0. The molecule has 0 saturated heterocycles. The molecule has 0 amide bonds. The number of benzene rings is 1. The Balaban J connectivity index is 2.42. The summed E-state index contributed by atoms with van der Waals surface area (Å²) in [5.41, 5.74) is 2.56. The van der Waals surface area contributed by atoms with Crippen molar-refractivity contribution in [3.05, 3.63) is 29.5 Å². The number of H-pyrrole nitrogens is 1. The molecule has 0 bridgehead atoms. The molecule has 2 aromatic rings. The van der Waals surface area contributed by atoms with E-state index in [9.17, 15) is 4.79 Å². The van der Waals surface area contributed by atoms with E-state index in [4.69, 9.17) is 9.47 Å². The number of aryl methyl sites for hydroxylation is 1. The number of aromatic nitrogens is 1. The summed E-state index contributed by atoms with van der Waals surface area (Å²) in [7, 11) is 1.64. The minimum Gasteiger partial charge on any atom is -0.497 e. The van der Waals surface area contributed by atoms with Crippen molar-refractivity contribution < 1.29 is 14.3 Å². The van der Waals surface area contributed by atoms with E-state index in [1.165, 1.54) is 0 Å². The van der Waals surface area contributed by atoms with Crippen molar-refractivity contribution in [2.24, 2.45) is 0 Å². The highest BCUT2D eigenvalue weighted by molar-refractivity contribution is 5.98. The van der Waals surface area contributed by atoms with Gasteiger partial charge in [0.25, 0.3) is 0 Å². The van der Waals surface area contributed by atoms with Gasteiger partial charge < -0.3 is 14.5 Å². The predicted octanol–water partition coefficient (Wildman–Crippen LogP) is 4.09. The van der Waals surface area contributed by atoms with E-state index in [0.29, 0.717) is 12.3 Å². The van der Waals surface area contributed by atoms with Crippen molar-refractivity contribution in [1.82, 2.24) is 4.98 Å². The van der Waals surface area contributed by atoms with Crippen LogP contribution in [0.4, 0.5) is 0 Å². The zero-order valence-electron chi connectivity index (χ0n) is 13.0. The second kappa shape index (κ2) is 7.16. The lowest BCUT2D eigenvalue weighted by atomic mass is 10.0. The maximum atomic E-state index is 12.1. The molecule has 114 valence electrons. The Hall–Kier alpha value is -1.97. The van der Waals surface area contributed by atoms with Crippen molar-refractivity contribution in [3.8, 4) is 5.75 Å². The van der Waals surface area contributed by atoms with Gasteiger partial charge in [0.05, 0.1) is 19.2 Å². The van der Waals surface area contributed by atoms with Crippen LogP contribution in [0.15, 0.2) is 18.2 Å². The average Bonchev–Trinajstić information content (AvgIpc) is 2.86. The van der Waals surface area contributed by atoms with Crippen LogP contribution in [0.1, 0.15) is 49.2 Å². The fourth-order valence-electron chi connectivity index (χ4n) is 2.55. The molecule has 0 fully saturated rings. The first-order valence-electron chi connectivity index (χ1n) is 7.57. The van der Waals surface area contributed by atoms with E-state index >= 15 is 0 Å². The molecule has 0 spiro atoms. The molecule has 1 N–H and O–H groups in total. The van der Waals surface area contributed by atoms with Crippen LogP contribution in [-0.2, 0) is 11.2 Å². The smallest absolute Gasteiger partial charge is 0.355 e. The Bertz CT molecular complexity index is 616.